The second kappa shape index (κ2) is 8.49. The van der Waals surface area contributed by atoms with Gasteiger partial charge in [0, 0.05) is 25.1 Å². The van der Waals surface area contributed by atoms with Gasteiger partial charge in [-0.3, -0.25) is 19.2 Å². The quantitative estimate of drug-likeness (QED) is 0.511. The molecular formula is C17H18N2O7S. The van der Waals surface area contributed by atoms with Crippen LogP contribution in [0.2, 0.25) is 0 Å². The Morgan fingerprint density at radius 3 is 2.44 bits per heavy atom. The van der Waals surface area contributed by atoms with E-state index in [4.69, 9.17) is 9.84 Å². The van der Waals surface area contributed by atoms with Gasteiger partial charge in [-0.1, -0.05) is 18.2 Å². The molecule has 0 heterocycles. The monoisotopic (exact) mass is 394 g/mol. The summed E-state index contributed by atoms with van der Waals surface area (Å²) < 4.78 is 32.3. The molecule has 2 rings (SSSR count). The van der Waals surface area contributed by atoms with Gasteiger partial charge in [-0.2, -0.15) is 0 Å². The zero-order chi connectivity index (χ0) is 20.0. The molecule has 0 bridgehead atoms. The lowest BCUT2D eigenvalue weighted by Gasteiger charge is -2.25. The van der Waals surface area contributed by atoms with E-state index in [1.54, 1.807) is 18.2 Å². The maximum absolute atomic E-state index is 13.1. The zero-order valence-corrected chi connectivity index (χ0v) is 15.3. The number of sulfonamides is 1. The number of carbonyl (C=O) groups is 1. The largest absolute Gasteiger partial charge is 0.495 e. The minimum Gasteiger partial charge on any atom is -0.495 e. The summed E-state index contributed by atoms with van der Waals surface area (Å²) in [7, 11) is -2.77. The Labute approximate surface area is 156 Å². The number of nitro groups is 1. The number of benzene rings is 2. The van der Waals surface area contributed by atoms with Crippen LogP contribution < -0.4 is 9.04 Å². The lowest BCUT2D eigenvalue weighted by atomic mass is 10.2. The van der Waals surface area contributed by atoms with Gasteiger partial charge in [-0.25, -0.2) is 8.42 Å². The summed E-state index contributed by atoms with van der Waals surface area (Å²) in [4.78, 5) is 21.3. The van der Waals surface area contributed by atoms with Gasteiger partial charge in [-0.05, 0) is 24.6 Å². The fourth-order valence-corrected chi connectivity index (χ4v) is 3.98. The average molecular weight is 394 g/mol. The normalized spacial score (nSPS) is 11.0. The molecule has 144 valence electrons. The van der Waals surface area contributed by atoms with Gasteiger partial charge in [0.2, 0.25) is 0 Å². The third kappa shape index (κ3) is 4.73. The molecule has 1 N–H and O–H groups in total. The van der Waals surface area contributed by atoms with Crippen LogP contribution in [-0.2, 0) is 14.8 Å². The van der Waals surface area contributed by atoms with Crippen molar-refractivity contribution in [2.75, 3.05) is 18.0 Å². The van der Waals surface area contributed by atoms with Crippen LogP contribution in [0.15, 0.2) is 53.4 Å². The highest BCUT2D eigenvalue weighted by atomic mass is 32.2. The van der Waals surface area contributed by atoms with Crippen LogP contribution in [-0.4, -0.2) is 38.1 Å². The first-order valence-corrected chi connectivity index (χ1v) is 9.33. The standard InChI is InChI=1S/C17H18N2O7S/c1-26-16-10-9-13(19(22)23)12-15(16)18(11-5-8-17(20)21)27(24,25)14-6-3-2-4-7-14/h2-4,6-7,9-10,12H,5,8,11H2,1H3,(H,20,21). The Morgan fingerprint density at radius 1 is 1.22 bits per heavy atom. The molecule has 0 saturated carbocycles. The number of hydrogen-bond acceptors (Lipinski definition) is 6. The highest BCUT2D eigenvalue weighted by Crippen LogP contribution is 2.35. The van der Waals surface area contributed by atoms with Crippen molar-refractivity contribution in [1.29, 1.82) is 0 Å². The van der Waals surface area contributed by atoms with E-state index in [1.165, 1.54) is 31.4 Å². The van der Waals surface area contributed by atoms with Crippen molar-refractivity contribution in [1.82, 2.24) is 0 Å². The molecule has 0 aliphatic carbocycles. The lowest BCUT2D eigenvalue weighted by molar-refractivity contribution is -0.384. The Hall–Kier alpha value is -3.14. The van der Waals surface area contributed by atoms with Crippen LogP contribution in [0.4, 0.5) is 11.4 Å². The number of hydrogen-bond donors (Lipinski definition) is 1. The van der Waals surface area contributed by atoms with Crippen molar-refractivity contribution >= 4 is 27.4 Å². The fourth-order valence-electron chi connectivity index (χ4n) is 2.45. The number of methoxy groups -OCH3 is 1. The number of ether oxygens (including phenoxy) is 1. The lowest BCUT2D eigenvalue weighted by Crippen LogP contribution is -2.32. The van der Waals surface area contributed by atoms with Crippen molar-refractivity contribution in [3.05, 3.63) is 58.6 Å². The van der Waals surface area contributed by atoms with Crippen LogP contribution in [0, 0.1) is 10.1 Å². The van der Waals surface area contributed by atoms with E-state index >= 15 is 0 Å². The topological polar surface area (TPSA) is 127 Å². The minimum absolute atomic E-state index is 0.0196. The van der Waals surface area contributed by atoms with Gasteiger partial charge in [-0.15, -0.1) is 0 Å². The van der Waals surface area contributed by atoms with Gasteiger partial charge in [0.05, 0.1) is 16.9 Å². The molecule has 9 nitrogen and oxygen atoms in total. The second-order valence-electron chi connectivity index (χ2n) is 5.50. The average Bonchev–Trinajstić information content (AvgIpc) is 2.65. The molecule has 10 heteroatoms. The van der Waals surface area contributed by atoms with Crippen molar-refractivity contribution < 1.29 is 28.0 Å². The van der Waals surface area contributed by atoms with Crippen LogP contribution in [0.3, 0.4) is 0 Å². The molecule has 2 aromatic rings. The SMILES string of the molecule is COc1ccc([N+](=O)[O-])cc1N(CCCC(=O)O)S(=O)(=O)c1ccccc1. The van der Waals surface area contributed by atoms with E-state index in [9.17, 15) is 23.3 Å². The number of carboxylic acids is 1. The van der Waals surface area contributed by atoms with Crippen molar-refractivity contribution in [3.8, 4) is 5.75 Å². The molecule has 0 fully saturated rings. The number of nitrogens with zero attached hydrogens (tertiary/aromatic N) is 2. The Bertz CT molecular complexity index is 930. The van der Waals surface area contributed by atoms with E-state index in [-0.39, 0.29) is 41.4 Å². The van der Waals surface area contributed by atoms with E-state index in [2.05, 4.69) is 0 Å². The smallest absolute Gasteiger partial charge is 0.303 e. The predicted octanol–water partition coefficient (Wildman–Crippen LogP) is 2.66. The fraction of sp³-hybridized carbons (Fsp3) is 0.235. The first-order chi connectivity index (χ1) is 12.8. The maximum atomic E-state index is 13.1. The maximum Gasteiger partial charge on any atom is 0.303 e. The number of non-ortho nitro benzene ring substituents is 1. The summed E-state index contributed by atoms with van der Waals surface area (Å²) >= 11 is 0. The minimum atomic E-state index is -4.09. The van der Waals surface area contributed by atoms with Crippen LogP contribution >= 0.6 is 0 Å². The molecule has 0 aliphatic rings. The Kier molecular flexibility index (Phi) is 6.35. The van der Waals surface area contributed by atoms with Gasteiger partial charge in [0.15, 0.2) is 0 Å². The molecule has 0 unspecified atom stereocenters. The number of rotatable bonds is 9. The molecule has 0 spiro atoms. The summed E-state index contributed by atoms with van der Waals surface area (Å²) in [5, 5.41) is 20.0. The summed E-state index contributed by atoms with van der Waals surface area (Å²) in [5.41, 5.74) is -0.335. The van der Waals surface area contributed by atoms with Crippen LogP contribution in [0.25, 0.3) is 0 Å². The molecular weight excluding hydrogens is 376 g/mol. The van der Waals surface area contributed by atoms with E-state index < -0.39 is 20.9 Å². The molecule has 0 saturated heterocycles. The predicted molar refractivity (Wildman–Crippen MR) is 97.5 cm³/mol. The highest BCUT2D eigenvalue weighted by Gasteiger charge is 2.28. The first kappa shape index (κ1) is 20.2. The van der Waals surface area contributed by atoms with Crippen molar-refractivity contribution in [3.63, 3.8) is 0 Å². The molecule has 0 amide bonds. The molecule has 0 atom stereocenters. The van der Waals surface area contributed by atoms with E-state index in [0.717, 1.165) is 10.4 Å². The third-order valence-corrected chi connectivity index (χ3v) is 5.55. The van der Waals surface area contributed by atoms with Gasteiger partial charge >= 0.3 is 5.97 Å². The van der Waals surface area contributed by atoms with Gasteiger partial charge < -0.3 is 9.84 Å². The molecule has 27 heavy (non-hydrogen) atoms. The van der Waals surface area contributed by atoms with Gasteiger partial charge in [0.25, 0.3) is 15.7 Å². The number of aliphatic carboxylic acids is 1. The number of anilines is 1. The Balaban J connectivity index is 2.57. The molecule has 0 aromatic heterocycles. The number of carboxylic acid groups (broad SMARTS) is 1. The van der Waals surface area contributed by atoms with E-state index in [0.29, 0.717) is 0 Å². The Morgan fingerprint density at radius 2 is 1.89 bits per heavy atom. The van der Waals surface area contributed by atoms with E-state index in [1.807, 2.05) is 0 Å². The highest BCUT2D eigenvalue weighted by molar-refractivity contribution is 7.92. The first-order valence-electron chi connectivity index (χ1n) is 7.89. The molecule has 0 aliphatic heterocycles. The summed E-state index contributed by atoms with van der Waals surface area (Å²) in [6.45, 7) is -0.180. The van der Waals surface area contributed by atoms with Crippen LogP contribution in [0.5, 0.6) is 5.75 Å². The van der Waals surface area contributed by atoms with Crippen molar-refractivity contribution in [2.24, 2.45) is 0 Å². The van der Waals surface area contributed by atoms with Crippen LogP contribution in [0.1, 0.15) is 12.8 Å². The van der Waals surface area contributed by atoms with Crippen molar-refractivity contribution in [2.45, 2.75) is 17.7 Å². The van der Waals surface area contributed by atoms with Gasteiger partial charge in [0.1, 0.15) is 11.4 Å². The summed E-state index contributed by atoms with van der Waals surface area (Å²) in [6.07, 6.45) is -0.231. The zero-order valence-electron chi connectivity index (χ0n) is 14.4. The second-order valence-corrected chi connectivity index (χ2v) is 7.36. The number of nitro benzene ring substituents is 1. The summed E-state index contributed by atoms with van der Waals surface area (Å²) in [5.74, 6) is -0.950. The summed E-state index contributed by atoms with van der Waals surface area (Å²) in [6, 6.07) is 11.1. The third-order valence-electron chi connectivity index (χ3n) is 3.72. The molecule has 2 aromatic carbocycles. The molecule has 0 radical (unpaired) electrons.